The number of epoxide rings is 1. The molecule has 0 saturated carbocycles. The fraction of sp³-hybridized carbons (Fsp3) is 0.564. The van der Waals surface area contributed by atoms with E-state index in [-0.39, 0.29) is 36.9 Å². The number of rotatable bonds is 18. The van der Waals surface area contributed by atoms with Crippen LogP contribution in [0, 0.1) is 11.8 Å². The summed E-state index contributed by atoms with van der Waals surface area (Å²) in [6.07, 6.45) is 1.10. The summed E-state index contributed by atoms with van der Waals surface area (Å²) in [7, 11) is 0. The average Bonchev–Trinajstić information content (AvgIpc) is 3.82. The summed E-state index contributed by atoms with van der Waals surface area (Å²) in [6.45, 7) is 14.9. The number of hydrogen-bond donors (Lipinski definition) is 4. The van der Waals surface area contributed by atoms with E-state index in [4.69, 9.17) is 9.47 Å². The van der Waals surface area contributed by atoms with Gasteiger partial charge in [-0.2, -0.15) is 0 Å². The van der Waals surface area contributed by atoms with Crippen LogP contribution in [0.25, 0.3) is 0 Å². The second kappa shape index (κ2) is 18.1. The van der Waals surface area contributed by atoms with E-state index < -0.39 is 59.2 Å². The quantitative estimate of drug-likeness (QED) is 0.166. The molecule has 3 rings (SSSR count). The van der Waals surface area contributed by atoms with Gasteiger partial charge in [0.25, 0.3) is 0 Å². The van der Waals surface area contributed by atoms with Gasteiger partial charge in [-0.15, -0.1) is 0 Å². The summed E-state index contributed by atoms with van der Waals surface area (Å²) in [5.74, 6) is -1.97. The van der Waals surface area contributed by atoms with Crippen LogP contribution in [0.2, 0.25) is 0 Å². The van der Waals surface area contributed by atoms with Crippen LogP contribution in [0.15, 0.2) is 60.7 Å². The Hall–Kier alpha value is -4.25. The fourth-order valence-corrected chi connectivity index (χ4v) is 5.52. The third-order valence-electron chi connectivity index (χ3n) is 8.72. The molecule has 4 amide bonds. The zero-order chi connectivity index (χ0) is 37.1. The predicted molar refractivity (Wildman–Crippen MR) is 192 cm³/mol. The molecule has 274 valence electrons. The maximum atomic E-state index is 14.0. The van der Waals surface area contributed by atoms with Crippen molar-refractivity contribution in [2.45, 2.75) is 123 Å². The molecular weight excluding hydrogens is 636 g/mol. The summed E-state index contributed by atoms with van der Waals surface area (Å²) in [4.78, 5) is 67.9. The van der Waals surface area contributed by atoms with Crippen LogP contribution in [0.5, 0.6) is 0 Å². The molecule has 11 heteroatoms. The molecular formula is C39H56N4O7. The number of aryl methyl sites for hydroxylation is 1. The molecule has 2 unspecified atom stereocenters. The van der Waals surface area contributed by atoms with Crippen LogP contribution >= 0.6 is 0 Å². The average molecular weight is 693 g/mol. The van der Waals surface area contributed by atoms with Gasteiger partial charge < -0.3 is 30.7 Å². The summed E-state index contributed by atoms with van der Waals surface area (Å²) in [6, 6.07) is 15.0. The highest BCUT2D eigenvalue weighted by molar-refractivity contribution is 5.99. The molecule has 2 aromatic carbocycles. The van der Waals surface area contributed by atoms with Gasteiger partial charge in [-0.25, -0.2) is 4.79 Å². The minimum atomic E-state index is -1.04. The van der Waals surface area contributed by atoms with E-state index in [1.807, 2.05) is 88.4 Å². The molecule has 1 aliphatic heterocycles. The molecule has 1 saturated heterocycles. The minimum Gasteiger partial charge on any atom is -0.444 e. The molecule has 1 heterocycles. The van der Waals surface area contributed by atoms with Crippen molar-refractivity contribution >= 4 is 29.6 Å². The minimum absolute atomic E-state index is 0.000671. The van der Waals surface area contributed by atoms with Crippen molar-refractivity contribution in [3.63, 3.8) is 0 Å². The first-order valence-electron chi connectivity index (χ1n) is 17.7. The summed E-state index contributed by atoms with van der Waals surface area (Å²) in [5, 5.41) is 11.3. The Balaban J connectivity index is 1.84. The van der Waals surface area contributed by atoms with Crippen LogP contribution < -0.4 is 21.3 Å². The van der Waals surface area contributed by atoms with Crippen LogP contribution in [0.3, 0.4) is 0 Å². The molecule has 0 radical (unpaired) electrons. The lowest BCUT2D eigenvalue weighted by Crippen LogP contribution is -2.59. The lowest BCUT2D eigenvalue weighted by atomic mass is 9.89. The van der Waals surface area contributed by atoms with Crippen LogP contribution in [0.4, 0.5) is 4.79 Å². The maximum Gasteiger partial charge on any atom is 0.408 e. The Morgan fingerprint density at radius 1 is 0.780 bits per heavy atom. The molecule has 4 N–H and O–H groups in total. The molecule has 0 bridgehead atoms. The molecule has 6 atom stereocenters. The van der Waals surface area contributed by atoms with Crippen molar-refractivity contribution in [2.75, 3.05) is 6.61 Å². The van der Waals surface area contributed by atoms with Crippen molar-refractivity contribution in [1.82, 2.24) is 21.3 Å². The lowest BCUT2D eigenvalue weighted by molar-refractivity contribution is -0.135. The van der Waals surface area contributed by atoms with Crippen molar-refractivity contribution < 1.29 is 33.4 Å². The van der Waals surface area contributed by atoms with E-state index in [2.05, 4.69) is 21.3 Å². The van der Waals surface area contributed by atoms with Crippen LogP contribution in [-0.4, -0.2) is 71.6 Å². The largest absolute Gasteiger partial charge is 0.444 e. The first kappa shape index (κ1) is 40.2. The number of hydrogen-bond acceptors (Lipinski definition) is 7. The second-order valence-corrected chi connectivity index (χ2v) is 14.9. The fourth-order valence-electron chi connectivity index (χ4n) is 5.52. The number of nitrogens with one attached hydrogen (secondary N) is 4. The standard InChI is InChI=1S/C39H56N4O7/c1-9-26(4)32(33(44)39(8)24-49-39)43-36(47)31(23-28-18-14-11-15-19-28)41-35(46)30(22-25(2)3)40-34(45)29(42-37(48)50-38(5,6)7)21-20-27-16-12-10-13-17-27/h10-19,25-26,29-32H,9,20-24H2,1-8H3,(H,40,45)(H,41,46)(H,42,48)(H,43,47)/t26?,29-,30?,31-,32-,39+/m0/s1. The van der Waals surface area contributed by atoms with Gasteiger partial charge in [0, 0.05) is 6.42 Å². The Morgan fingerprint density at radius 3 is 1.82 bits per heavy atom. The lowest BCUT2D eigenvalue weighted by Gasteiger charge is -2.29. The van der Waals surface area contributed by atoms with E-state index >= 15 is 0 Å². The number of ether oxygens (including phenoxy) is 2. The van der Waals surface area contributed by atoms with Gasteiger partial charge in [0.2, 0.25) is 17.7 Å². The zero-order valence-electron chi connectivity index (χ0n) is 30.8. The third kappa shape index (κ3) is 12.9. The molecule has 11 nitrogen and oxygen atoms in total. The number of amides is 4. The Morgan fingerprint density at radius 2 is 1.30 bits per heavy atom. The molecule has 0 aromatic heterocycles. The van der Waals surface area contributed by atoms with E-state index in [0.717, 1.165) is 11.1 Å². The molecule has 1 fully saturated rings. The second-order valence-electron chi connectivity index (χ2n) is 14.9. The van der Waals surface area contributed by atoms with Crippen molar-refractivity contribution in [3.8, 4) is 0 Å². The first-order chi connectivity index (χ1) is 23.5. The highest BCUT2D eigenvalue weighted by Gasteiger charge is 2.51. The summed E-state index contributed by atoms with van der Waals surface area (Å²) < 4.78 is 10.8. The predicted octanol–water partition coefficient (Wildman–Crippen LogP) is 4.66. The Labute approximate surface area is 297 Å². The summed E-state index contributed by atoms with van der Waals surface area (Å²) in [5.41, 5.74) is 0.0834. The van der Waals surface area contributed by atoms with Gasteiger partial charge in [0.05, 0.1) is 12.6 Å². The molecule has 0 aliphatic carbocycles. The van der Waals surface area contributed by atoms with Gasteiger partial charge in [-0.1, -0.05) is 94.8 Å². The highest BCUT2D eigenvalue weighted by Crippen LogP contribution is 2.30. The molecule has 0 spiro atoms. The van der Waals surface area contributed by atoms with Crippen molar-refractivity contribution in [3.05, 3.63) is 71.8 Å². The molecule has 1 aliphatic rings. The summed E-state index contributed by atoms with van der Waals surface area (Å²) >= 11 is 0. The van der Waals surface area contributed by atoms with Gasteiger partial charge in [-0.3, -0.25) is 19.2 Å². The van der Waals surface area contributed by atoms with E-state index in [1.165, 1.54) is 0 Å². The van der Waals surface area contributed by atoms with Crippen LogP contribution in [0.1, 0.15) is 85.8 Å². The van der Waals surface area contributed by atoms with Gasteiger partial charge >= 0.3 is 6.09 Å². The zero-order valence-corrected chi connectivity index (χ0v) is 30.8. The topological polar surface area (TPSA) is 155 Å². The number of Topliss-reactive ketones (excluding diaryl/α,β-unsaturated/α-hetero) is 1. The van der Waals surface area contributed by atoms with E-state index in [0.29, 0.717) is 19.4 Å². The van der Waals surface area contributed by atoms with Gasteiger partial charge in [0.15, 0.2) is 5.78 Å². The number of carbonyl (C=O) groups excluding carboxylic acids is 5. The SMILES string of the molecule is CCC(C)[C@H](NC(=O)[C@H](Cc1ccccc1)NC(=O)C(CC(C)C)NC(=O)[C@H](CCc1ccccc1)NC(=O)OC(C)(C)C)C(=O)[C@@]1(C)CO1. The first-order valence-corrected chi connectivity index (χ1v) is 17.7. The third-order valence-corrected chi connectivity index (χ3v) is 8.72. The Bertz CT molecular complexity index is 1440. The number of carbonyl (C=O) groups is 5. The smallest absolute Gasteiger partial charge is 0.408 e. The number of ketones is 1. The van der Waals surface area contributed by atoms with Crippen molar-refractivity contribution in [2.24, 2.45) is 11.8 Å². The van der Waals surface area contributed by atoms with Crippen LogP contribution in [-0.2, 0) is 41.5 Å². The van der Waals surface area contributed by atoms with Gasteiger partial charge in [-0.05, 0) is 69.9 Å². The molecule has 2 aromatic rings. The van der Waals surface area contributed by atoms with E-state index in [9.17, 15) is 24.0 Å². The molecule has 50 heavy (non-hydrogen) atoms. The van der Waals surface area contributed by atoms with Gasteiger partial charge in [0.1, 0.15) is 29.3 Å². The normalized spacial score (nSPS) is 18.5. The highest BCUT2D eigenvalue weighted by atomic mass is 16.6. The van der Waals surface area contributed by atoms with Crippen molar-refractivity contribution in [1.29, 1.82) is 0 Å². The number of alkyl carbamates (subject to hydrolysis) is 1. The maximum absolute atomic E-state index is 14.0. The Kier molecular flexibility index (Phi) is 14.6. The monoisotopic (exact) mass is 692 g/mol. The van der Waals surface area contributed by atoms with E-state index in [1.54, 1.807) is 27.7 Å². The number of benzene rings is 2.